The molecule has 3 nitrogen and oxygen atoms in total. The Kier molecular flexibility index (Phi) is 5.49. The van der Waals surface area contributed by atoms with Gasteiger partial charge in [0.2, 0.25) is 0 Å². The fraction of sp³-hybridized carbons (Fsp3) is 0.520. The molecule has 156 valence electrons. The van der Waals surface area contributed by atoms with Crippen molar-refractivity contribution in [2.75, 3.05) is 13.2 Å². The first-order valence-corrected chi connectivity index (χ1v) is 12.7. The van der Waals surface area contributed by atoms with E-state index in [1.807, 2.05) is 13.8 Å². The van der Waals surface area contributed by atoms with Crippen LogP contribution in [0.4, 0.5) is 0 Å². The van der Waals surface area contributed by atoms with E-state index in [1.54, 1.807) is 0 Å². The molecule has 1 heterocycles. The molecule has 2 fully saturated rings. The summed E-state index contributed by atoms with van der Waals surface area (Å²) in [5.74, 6) is 0.658. The maximum absolute atomic E-state index is 7.07. The molecule has 29 heavy (non-hydrogen) atoms. The standard InChI is InChI=1S/C25H34O3Si/c1-24(2,3)29(20-12-8-6-9-13-20,21-14-10-7-11-15-21)27-17-19-16-22(19)23-18-26-25(4,5)28-23/h6-15,19,22-23H,16-18H2,1-5H3. The van der Waals surface area contributed by atoms with Crippen LogP contribution in [0.25, 0.3) is 0 Å². The molecule has 1 aliphatic carbocycles. The van der Waals surface area contributed by atoms with Crippen molar-refractivity contribution in [3.05, 3.63) is 60.7 Å². The lowest BCUT2D eigenvalue weighted by Crippen LogP contribution is -2.66. The summed E-state index contributed by atoms with van der Waals surface area (Å²) in [5.41, 5.74) is 0. The summed E-state index contributed by atoms with van der Waals surface area (Å²) < 4.78 is 19.0. The van der Waals surface area contributed by atoms with E-state index in [0.717, 1.165) is 6.61 Å². The van der Waals surface area contributed by atoms with Crippen molar-refractivity contribution < 1.29 is 13.9 Å². The highest BCUT2D eigenvalue weighted by molar-refractivity contribution is 6.99. The van der Waals surface area contributed by atoms with E-state index < -0.39 is 14.1 Å². The molecule has 4 rings (SSSR count). The van der Waals surface area contributed by atoms with E-state index >= 15 is 0 Å². The summed E-state index contributed by atoms with van der Waals surface area (Å²) in [5, 5.41) is 2.71. The average molecular weight is 411 g/mol. The molecule has 0 amide bonds. The Morgan fingerprint density at radius 2 is 1.52 bits per heavy atom. The lowest BCUT2D eigenvalue weighted by Gasteiger charge is -2.43. The lowest BCUT2D eigenvalue weighted by molar-refractivity contribution is -0.141. The van der Waals surface area contributed by atoms with Crippen molar-refractivity contribution in [2.24, 2.45) is 11.8 Å². The van der Waals surface area contributed by atoms with Crippen molar-refractivity contribution in [3.8, 4) is 0 Å². The van der Waals surface area contributed by atoms with Crippen LogP contribution in [0.15, 0.2) is 60.7 Å². The molecule has 2 aromatic rings. The molecule has 1 aliphatic heterocycles. The molecule has 0 N–H and O–H groups in total. The van der Waals surface area contributed by atoms with Gasteiger partial charge in [0, 0.05) is 6.61 Å². The van der Waals surface area contributed by atoms with Crippen LogP contribution < -0.4 is 10.4 Å². The summed E-state index contributed by atoms with van der Waals surface area (Å²) in [6.45, 7) is 12.5. The zero-order valence-corrected chi connectivity index (χ0v) is 19.4. The molecule has 3 atom stereocenters. The van der Waals surface area contributed by atoms with Gasteiger partial charge in [0.25, 0.3) is 8.32 Å². The molecule has 2 aromatic carbocycles. The van der Waals surface area contributed by atoms with E-state index in [9.17, 15) is 0 Å². The van der Waals surface area contributed by atoms with Gasteiger partial charge in [0.05, 0.1) is 12.7 Å². The average Bonchev–Trinajstić information content (AvgIpc) is 3.37. The first-order chi connectivity index (χ1) is 13.7. The first-order valence-electron chi connectivity index (χ1n) is 10.8. The van der Waals surface area contributed by atoms with Crippen LogP contribution in [0.1, 0.15) is 41.0 Å². The third-order valence-electron chi connectivity index (χ3n) is 6.42. The van der Waals surface area contributed by atoms with Gasteiger partial charge < -0.3 is 13.9 Å². The third-order valence-corrected chi connectivity index (χ3v) is 11.4. The molecule has 2 aliphatic rings. The molecular weight excluding hydrogens is 376 g/mol. The minimum absolute atomic E-state index is 0.0229. The number of benzene rings is 2. The van der Waals surface area contributed by atoms with Crippen LogP contribution in [-0.4, -0.2) is 33.4 Å². The van der Waals surface area contributed by atoms with E-state index in [0.29, 0.717) is 18.4 Å². The van der Waals surface area contributed by atoms with Crippen molar-refractivity contribution in [3.63, 3.8) is 0 Å². The van der Waals surface area contributed by atoms with E-state index in [-0.39, 0.29) is 11.1 Å². The van der Waals surface area contributed by atoms with Crippen LogP contribution in [0.3, 0.4) is 0 Å². The number of hydrogen-bond donors (Lipinski definition) is 0. The van der Waals surface area contributed by atoms with Crippen LogP contribution in [0.5, 0.6) is 0 Å². The molecular formula is C25H34O3Si. The van der Waals surface area contributed by atoms with Gasteiger partial charge in [-0.05, 0) is 47.5 Å². The summed E-state index contributed by atoms with van der Waals surface area (Å²) in [7, 11) is -2.44. The topological polar surface area (TPSA) is 27.7 Å². The SMILES string of the molecule is CC1(C)OCC(C2CC2CO[Si](c2ccccc2)(c2ccccc2)C(C)(C)C)O1. The Morgan fingerprint density at radius 3 is 1.97 bits per heavy atom. The predicted octanol–water partition coefficient (Wildman–Crippen LogP) is 4.35. The second-order valence-corrected chi connectivity index (χ2v) is 14.3. The minimum atomic E-state index is -2.44. The zero-order valence-electron chi connectivity index (χ0n) is 18.4. The number of ether oxygens (including phenoxy) is 2. The molecule has 4 heteroatoms. The van der Waals surface area contributed by atoms with Gasteiger partial charge in [-0.25, -0.2) is 0 Å². The summed E-state index contributed by atoms with van der Waals surface area (Å²) in [4.78, 5) is 0. The summed E-state index contributed by atoms with van der Waals surface area (Å²) >= 11 is 0. The van der Waals surface area contributed by atoms with Crippen LogP contribution in [-0.2, 0) is 13.9 Å². The van der Waals surface area contributed by atoms with E-state index in [4.69, 9.17) is 13.9 Å². The van der Waals surface area contributed by atoms with Crippen molar-refractivity contribution in [2.45, 2.75) is 58.0 Å². The lowest BCUT2D eigenvalue weighted by atomic mass is 10.2. The highest BCUT2D eigenvalue weighted by Crippen LogP contribution is 2.47. The van der Waals surface area contributed by atoms with Gasteiger partial charge in [-0.2, -0.15) is 0 Å². The molecule has 0 bridgehead atoms. The number of hydrogen-bond acceptors (Lipinski definition) is 3. The van der Waals surface area contributed by atoms with Gasteiger partial charge in [-0.3, -0.25) is 0 Å². The smallest absolute Gasteiger partial charge is 0.261 e. The third kappa shape index (κ3) is 4.09. The normalized spacial score (nSPS) is 26.4. The van der Waals surface area contributed by atoms with Gasteiger partial charge in [-0.1, -0.05) is 81.4 Å². The second-order valence-electron chi connectivity index (χ2n) is 10.0. The van der Waals surface area contributed by atoms with Crippen LogP contribution >= 0.6 is 0 Å². The molecule has 0 radical (unpaired) electrons. The van der Waals surface area contributed by atoms with E-state index in [2.05, 4.69) is 81.4 Å². The summed E-state index contributed by atoms with van der Waals surface area (Å²) in [6.07, 6.45) is 1.38. The maximum atomic E-state index is 7.07. The molecule has 1 saturated carbocycles. The minimum Gasteiger partial charge on any atom is -0.407 e. The highest BCUT2D eigenvalue weighted by atomic mass is 28.4. The van der Waals surface area contributed by atoms with Gasteiger partial charge >= 0.3 is 0 Å². The van der Waals surface area contributed by atoms with Crippen molar-refractivity contribution in [1.29, 1.82) is 0 Å². The van der Waals surface area contributed by atoms with E-state index in [1.165, 1.54) is 16.8 Å². The molecule has 0 aromatic heterocycles. The molecule has 0 spiro atoms. The Morgan fingerprint density at radius 1 is 0.966 bits per heavy atom. The fourth-order valence-electron chi connectivity index (χ4n) is 4.84. The predicted molar refractivity (Wildman–Crippen MR) is 120 cm³/mol. The van der Waals surface area contributed by atoms with Crippen molar-refractivity contribution in [1.82, 2.24) is 0 Å². The Labute approximate surface area is 176 Å². The largest absolute Gasteiger partial charge is 0.407 e. The van der Waals surface area contributed by atoms with Gasteiger partial charge in [0.15, 0.2) is 5.79 Å². The number of rotatable bonds is 6. The molecule has 3 unspecified atom stereocenters. The Balaban J connectivity index is 1.59. The quantitative estimate of drug-likeness (QED) is 0.663. The monoisotopic (exact) mass is 410 g/mol. The van der Waals surface area contributed by atoms with Gasteiger partial charge in [-0.15, -0.1) is 0 Å². The Hall–Kier alpha value is -1.46. The van der Waals surface area contributed by atoms with Crippen LogP contribution in [0, 0.1) is 11.8 Å². The Bertz CT molecular complexity index is 773. The zero-order chi connectivity index (χ0) is 20.7. The van der Waals surface area contributed by atoms with Gasteiger partial charge in [0.1, 0.15) is 0 Å². The summed E-state index contributed by atoms with van der Waals surface area (Å²) in [6, 6.07) is 21.8. The second kappa shape index (κ2) is 7.66. The van der Waals surface area contributed by atoms with Crippen molar-refractivity contribution >= 4 is 18.7 Å². The highest BCUT2D eigenvalue weighted by Gasteiger charge is 2.53. The maximum Gasteiger partial charge on any atom is 0.261 e. The fourth-order valence-corrected chi connectivity index (χ4v) is 9.46. The molecule has 1 saturated heterocycles. The van der Waals surface area contributed by atoms with Crippen LogP contribution in [0.2, 0.25) is 5.04 Å². The first kappa shape index (κ1) is 20.8.